The summed E-state index contributed by atoms with van der Waals surface area (Å²) in [5.41, 5.74) is -0.535. The molecule has 1 heterocycles. The Morgan fingerprint density at radius 2 is 1.75 bits per heavy atom. The van der Waals surface area contributed by atoms with Crippen LogP contribution in [0.4, 0.5) is 0 Å². The van der Waals surface area contributed by atoms with Gasteiger partial charge in [0.2, 0.25) is 0 Å². The van der Waals surface area contributed by atoms with Gasteiger partial charge < -0.3 is 4.74 Å². The molecule has 0 saturated heterocycles. The Kier molecular flexibility index (Phi) is 5.22. The quantitative estimate of drug-likeness (QED) is 0.589. The first kappa shape index (κ1) is 14.4. The fourth-order valence-electron chi connectivity index (χ4n) is 1.27. The number of aromatic nitrogens is 2. The third kappa shape index (κ3) is 2.97. The topological polar surface area (TPSA) is 35.0 Å². The maximum absolute atomic E-state index is 5.98. The normalized spacial score (nSPS) is 14.9. The Balaban J connectivity index is 3.21. The van der Waals surface area contributed by atoms with Gasteiger partial charge in [-0.2, -0.15) is 0 Å². The van der Waals surface area contributed by atoms with Gasteiger partial charge in [0.1, 0.15) is 15.9 Å². The van der Waals surface area contributed by atoms with Crippen LogP contribution >= 0.6 is 45.8 Å². The van der Waals surface area contributed by atoms with E-state index in [0.29, 0.717) is 26.3 Å². The molecule has 0 amide bonds. The smallest absolute Gasteiger partial charge is 0.163 e. The number of rotatable bonds is 4. The van der Waals surface area contributed by atoms with Crippen molar-refractivity contribution in [1.82, 2.24) is 9.97 Å². The molecular formula is C10H13Cl2IN2O. The van der Waals surface area contributed by atoms with Gasteiger partial charge in [0.05, 0.1) is 3.57 Å². The fraction of sp³-hybridized carbons (Fsp3) is 0.600. The van der Waals surface area contributed by atoms with Gasteiger partial charge >= 0.3 is 0 Å². The highest BCUT2D eigenvalue weighted by Crippen LogP contribution is 2.30. The van der Waals surface area contributed by atoms with E-state index in [1.165, 1.54) is 0 Å². The van der Waals surface area contributed by atoms with Crippen LogP contribution in [0.5, 0.6) is 0 Å². The molecule has 0 aliphatic heterocycles. The van der Waals surface area contributed by atoms with E-state index >= 15 is 0 Å². The monoisotopic (exact) mass is 374 g/mol. The Morgan fingerprint density at radius 3 is 2.12 bits per heavy atom. The summed E-state index contributed by atoms with van der Waals surface area (Å²) in [7, 11) is 0. The minimum absolute atomic E-state index is 0.370. The van der Waals surface area contributed by atoms with Gasteiger partial charge in [0, 0.05) is 6.61 Å². The number of ether oxygens (including phenoxy) is 1. The molecule has 0 bridgehead atoms. The molecule has 0 aromatic carbocycles. The lowest BCUT2D eigenvalue weighted by molar-refractivity contribution is -0.0390. The Bertz CT molecular complexity index is 366. The Morgan fingerprint density at radius 1 is 1.25 bits per heavy atom. The molecule has 0 aliphatic carbocycles. The van der Waals surface area contributed by atoms with Crippen LogP contribution < -0.4 is 0 Å². The van der Waals surface area contributed by atoms with E-state index in [0.717, 1.165) is 6.42 Å². The van der Waals surface area contributed by atoms with E-state index in [4.69, 9.17) is 27.9 Å². The predicted octanol–water partition coefficient (Wildman–Crippen LogP) is 4.05. The molecule has 16 heavy (non-hydrogen) atoms. The van der Waals surface area contributed by atoms with Crippen molar-refractivity contribution >= 4 is 45.8 Å². The second-order valence-corrected chi connectivity index (χ2v) is 5.26. The molecule has 0 fully saturated rings. The van der Waals surface area contributed by atoms with Gasteiger partial charge in [-0.15, -0.1) is 0 Å². The van der Waals surface area contributed by atoms with Gasteiger partial charge in [-0.3, -0.25) is 0 Å². The van der Waals surface area contributed by atoms with Crippen LogP contribution in [-0.2, 0) is 10.3 Å². The zero-order valence-electron chi connectivity index (χ0n) is 9.35. The highest BCUT2D eigenvalue weighted by atomic mass is 127. The molecule has 1 unspecified atom stereocenters. The van der Waals surface area contributed by atoms with Crippen LogP contribution in [-0.4, -0.2) is 16.6 Å². The van der Waals surface area contributed by atoms with Crippen molar-refractivity contribution in [3.63, 3.8) is 0 Å². The van der Waals surface area contributed by atoms with Gasteiger partial charge in [0.15, 0.2) is 5.82 Å². The van der Waals surface area contributed by atoms with Gasteiger partial charge in [-0.25, -0.2) is 9.97 Å². The molecule has 1 aromatic heterocycles. The van der Waals surface area contributed by atoms with Crippen LogP contribution in [0.3, 0.4) is 0 Å². The SMILES string of the molecule is CCOC(C)(CC)c1nc(Cl)c(I)c(Cl)n1. The third-order valence-corrected chi connectivity index (χ3v) is 4.59. The molecule has 0 radical (unpaired) electrons. The Hall–Kier alpha value is 0.350. The summed E-state index contributed by atoms with van der Waals surface area (Å²) >= 11 is 14.0. The minimum atomic E-state index is -0.535. The number of hydrogen-bond acceptors (Lipinski definition) is 3. The molecule has 0 saturated carbocycles. The van der Waals surface area contributed by atoms with Crippen molar-refractivity contribution in [2.24, 2.45) is 0 Å². The minimum Gasteiger partial charge on any atom is -0.368 e. The third-order valence-electron chi connectivity index (χ3n) is 2.38. The van der Waals surface area contributed by atoms with E-state index in [-0.39, 0.29) is 0 Å². The maximum atomic E-state index is 5.98. The van der Waals surface area contributed by atoms with Crippen LogP contribution in [0.1, 0.15) is 33.0 Å². The molecule has 1 aromatic rings. The van der Waals surface area contributed by atoms with Crippen molar-refractivity contribution in [3.8, 4) is 0 Å². The zero-order valence-corrected chi connectivity index (χ0v) is 13.0. The van der Waals surface area contributed by atoms with Crippen molar-refractivity contribution in [1.29, 1.82) is 0 Å². The maximum Gasteiger partial charge on any atom is 0.163 e. The highest BCUT2D eigenvalue weighted by Gasteiger charge is 2.29. The summed E-state index contributed by atoms with van der Waals surface area (Å²) in [4.78, 5) is 8.46. The summed E-state index contributed by atoms with van der Waals surface area (Å²) in [5.74, 6) is 0.535. The van der Waals surface area contributed by atoms with E-state index < -0.39 is 5.60 Å². The number of hydrogen-bond donors (Lipinski definition) is 0. The second kappa shape index (κ2) is 5.80. The van der Waals surface area contributed by atoms with E-state index in [2.05, 4.69) is 9.97 Å². The number of nitrogens with zero attached hydrogens (tertiary/aromatic N) is 2. The van der Waals surface area contributed by atoms with E-state index in [9.17, 15) is 0 Å². The zero-order chi connectivity index (χ0) is 12.3. The van der Waals surface area contributed by atoms with E-state index in [1.54, 1.807) is 0 Å². The van der Waals surface area contributed by atoms with Crippen LogP contribution in [0.15, 0.2) is 0 Å². The van der Waals surface area contributed by atoms with Crippen LogP contribution in [0.2, 0.25) is 10.3 Å². The molecule has 90 valence electrons. The second-order valence-electron chi connectivity index (χ2n) is 3.46. The summed E-state index contributed by atoms with van der Waals surface area (Å²) in [6, 6.07) is 0. The molecule has 0 spiro atoms. The van der Waals surface area contributed by atoms with Crippen molar-refractivity contribution in [2.45, 2.75) is 32.8 Å². The lowest BCUT2D eigenvalue weighted by atomic mass is 10.0. The molecule has 3 nitrogen and oxygen atoms in total. The van der Waals surface area contributed by atoms with Crippen molar-refractivity contribution in [2.75, 3.05) is 6.61 Å². The summed E-state index contributed by atoms with van der Waals surface area (Å²) < 4.78 is 6.34. The lowest BCUT2D eigenvalue weighted by Crippen LogP contribution is -2.28. The van der Waals surface area contributed by atoms with Crippen molar-refractivity contribution in [3.05, 3.63) is 19.7 Å². The molecule has 1 rings (SSSR count). The van der Waals surface area contributed by atoms with Crippen LogP contribution in [0.25, 0.3) is 0 Å². The summed E-state index contributed by atoms with van der Waals surface area (Å²) in [6.45, 7) is 6.48. The fourth-order valence-corrected chi connectivity index (χ4v) is 1.90. The summed E-state index contributed by atoms with van der Waals surface area (Å²) in [6.07, 6.45) is 0.758. The van der Waals surface area contributed by atoms with Crippen molar-refractivity contribution < 1.29 is 4.74 Å². The molecule has 0 aliphatic rings. The average molecular weight is 375 g/mol. The first-order valence-corrected chi connectivity index (χ1v) is 6.81. The number of halogens is 3. The largest absolute Gasteiger partial charge is 0.368 e. The summed E-state index contributed by atoms with van der Waals surface area (Å²) in [5, 5.41) is 0.741. The Labute approximate surface area is 119 Å². The van der Waals surface area contributed by atoms with Gasteiger partial charge in [-0.05, 0) is 42.9 Å². The molecular weight excluding hydrogens is 362 g/mol. The lowest BCUT2D eigenvalue weighted by Gasteiger charge is -2.26. The van der Waals surface area contributed by atoms with E-state index in [1.807, 2.05) is 43.4 Å². The van der Waals surface area contributed by atoms with Gasteiger partial charge in [-0.1, -0.05) is 30.1 Å². The highest BCUT2D eigenvalue weighted by molar-refractivity contribution is 14.1. The predicted molar refractivity (Wildman–Crippen MR) is 74.0 cm³/mol. The molecule has 0 N–H and O–H groups in total. The molecule has 6 heteroatoms. The van der Waals surface area contributed by atoms with Gasteiger partial charge in [0.25, 0.3) is 0 Å². The van der Waals surface area contributed by atoms with Crippen LogP contribution in [0, 0.1) is 3.57 Å². The average Bonchev–Trinajstić information content (AvgIpc) is 2.25. The molecule has 1 atom stereocenters. The first-order chi connectivity index (χ1) is 7.44. The first-order valence-electron chi connectivity index (χ1n) is 4.97. The standard InChI is InChI=1S/C10H13Cl2IN2O/c1-4-10(3,16-5-2)9-14-7(11)6(13)8(12)15-9/h4-5H2,1-3H3.